The quantitative estimate of drug-likeness (QED) is 0.706. The first-order chi connectivity index (χ1) is 11.7. The fourth-order valence-corrected chi connectivity index (χ4v) is 3.54. The number of hydrogen-bond donors (Lipinski definition) is 1. The number of aryl methyl sites for hydroxylation is 2. The molecule has 0 atom stereocenters. The molecule has 124 valence electrons. The van der Waals surface area contributed by atoms with Gasteiger partial charge in [0, 0.05) is 17.5 Å². The summed E-state index contributed by atoms with van der Waals surface area (Å²) in [6.07, 6.45) is 0. The van der Waals surface area contributed by atoms with Crippen molar-refractivity contribution in [1.82, 2.24) is 10.3 Å². The van der Waals surface area contributed by atoms with Crippen molar-refractivity contribution in [1.29, 1.82) is 0 Å². The second-order valence-corrected chi connectivity index (χ2v) is 6.83. The molecule has 0 aliphatic heterocycles. The van der Waals surface area contributed by atoms with E-state index in [9.17, 15) is 0 Å². The molecule has 0 fully saturated rings. The number of nitrogens with one attached hydrogen (secondary N) is 1. The van der Waals surface area contributed by atoms with E-state index in [2.05, 4.69) is 48.8 Å². The predicted molar refractivity (Wildman–Crippen MR) is 101 cm³/mol. The Morgan fingerprint density at radius 3 is 2.67 bits per heavy atom. The van der Waals surface area contributed by atoms with Gasteiger partial charge in [0.2, 0.25) is 0 Å². The molecule has 4 heteroatoms. The molecule has 2 aromatic carbocycles. The Balaban J connectivity index is 1.92. The van der Waals surface area contributed by atoms with Crippen LogP contribution in [0.15, 0.2) is 47.8 Å². The molecular weight excluding hydrogens is 316 g/mol. The van der Waals surface area contributed by atoms with Gasteiger partial charge in [-0.2, -0.15) is 0 Å². The van der Waals surface area contributed by atoms with Crippen LogP contribution >= 0.6 is 11.3 Å². The Bertz CT molecular complexity index is 812. The number of rotatable bonds is 6. The van der Waals surface area contributed by atoms with Gasteiger partial charge in [-0.3, -0.25) is 0 Å². The molecule has 1 heterocycles. The zero-order chi connectivity index (χ0) is 16.9. The third-order valence-electron chi connectivity index (χ3n) is 3.80. The van der Waals surface area contributed by atoms with Crippen molar-refractivity contribution in [3.63, 3.8) is 0 Å². The van der Waals surface area contributed by atoms with Gasteiger partial charge >= 0.3 is 0 Å². The molecule has 0 bridgehead atoms. The molecule has 0 radical (unpaired) electrons. The van der Waals surface area contributed by atoms with Gasteiger partial charge in [0.25, 0.3) is 0 Å². The van der Waals surface area contributed by atoms with E-state index < -0.39 is 0 Å². The van der Waals surface area contributed by atoms with Crippen molar-refractivity contribution in [2.45, 2.75) is 27.0 Å². The van der Waals surface area contributed by atoms with Gasteiger partial charge in [-0.05, 0) is 43.7 Å². The fraction of sp³-hybridized carbons (Fsp3) is 0.250. The van der Waals surface area contributed by atoms with Crippen LogP contribution in [0.2, 0.25) is 0 Å². The van der Waals surface area contributed by atoms with Gasteiger partial charge < -0.3 is 10.1 Å². The molecule has 0 aliphatic rings. The van der Waals surface area contributed by atoms with E-state index in [0.717, 1.165) is 39.7 Å². The summed E-state index contributed by atoms with van der Waals surface area (Å²) in [6.45, 7) is 5.55. The van der Waals surface area contributed by atoms with Crippen LogP contribution in [0.3, 0.4) is 0 Å². The third kappa shape index (κ3) is 3.83. The lowest BCUT2D eigenvalue weighted by Crippen LogP contribution is -2.04. The highest BCUT2D eigenvalue weighted by Gasteiger charge is 2.14. The van der Waals surface area contributed by atoms with Crippen LogP contribution in [0, 0.1) is 13.8 Å². The maximum absolute atomic E-state index is 6.18. The van der Waals surface area contributed by atoms with Gasteiger partial charge in [0.1, 0.15) is 17.4 Å². The number of nitrogens with zero attached hydrogens (tertiary/aromatic N) is 1. The van der Waals surface area contributed by atoms with Crippen LogP contribution in [0.4, 0.5) is 0 Å². The molecule has 0 saturated heterocycles. The molecule has 0 unspecified atom stereocenters. The number of benzene rings is 2. The second-order valence-electron chi connectivity index (χ2n) is 5.89. The Morgan fingerprint density at radius 2 is 1.92 bits per heavy atom. The van der Waals surface area contributed by atoms with E-state index in [1.54, 1.807) is 11.3 Å². The molecule has 0 saturated carbocycles. The van der Waals surface area contributed by atoms with E-state index in [1.807, 2.05) is 25.2 Å². The van der Waals surface area contributed by atoms with E-state index in [-0.39, 0.29) is 0 Å². The Hall–Kier alpha value is -2.17. The summed E-state index contributed by atoms with van der Waals surface area (Å²) < 4.78 is 6.18. The Labute approximate surface area is 147 Å². The van der Waals surface area contributed by atoms with Crippen molar-refractivity contribution in [2.75, 3.05) is 7.05 Å². The summed E-state index contributed by atoms with van der Waals surface area (Å²) in [4.78, 5) is 4.74. The minimum absolute atomic E-state index is 0.561. The summed E-state index contributed by atoms with van der Waals surface area (Å²) in [5.74, 6) is 0.922. The smallest absolute Gasteiger partial charge is 0.132 e. The Morgan fingerprint density at radius 1 is 1.12 bits per heavy atom. The molecular formula is C20H22N2OS. The van der Waals surface area contributed by atoms with Crippen LogP contribution in [0.1, 0.15) is 21.7 Å². The minimum atomic E-state index is 0.561. The number of aromatic nitrogens is 1. The van der Waals surface area contributed by atoms with E-state index in [4.69, 9.17) is 9.72 Å². The third-order valence-corrected chi connectivity index (χ3v) is 4.65. The first kappa shape index (κ1) is 16.7. The van der Waals surface area contributed by atoms with Crippen LogP contribution in [0.25, 0.3) is 11.3 Å². The van der Waals surface area contributed by atoms with Gasteiger partial charge in [-0.25, -0.2) is 4.98 Å². The van der Waals surface area contributed by atoms with Gasteiger partial charge in [0.15, 0.2) is 0 Å². The lowest BCUT2D eigenvalue weighted by molar-refractivity contribution is 0.305. The van der Waals surface area contributed by atoms with Crippen molar-refractivity contribution >= 4 is 11.3 Å². The van der Waals surface area contributed by atoms with Crippen molar-refractivity contribution in [3.8, 4) is 17.0 Å². The predicted octanol–water partition coefficient (Wildman–Crippen LogP) is 4.73. The van der Waals surface area contributed by atoms with Crippen molar-refractivity contribution < 1.29 is 4.74 Å². The van der Waals surface area contributed by atoms with Crippen LogP contribution < -0.4 is 10.1 Å². The maximum Gasteiger partial charge on any atom is 0.132 e. The average Bonchev–Trinajstić information content (AvgIpc) is 3.03. The summed E-state index contributed by atoms with van der Waals surface area (Å²) in [5, 5.41) is 6.34. The normalized spacial score (nSPS) is 10.8. The zero-order valence-corrected chi connectivity index (χ0v) is 15.1. The minimum Gasteiger partial charge on any atom is -0.488 e. The summed E-state index contributed by atoms with van der Waals surface area (Å²) in [7, 11) is 1.94. The molecule has 0 spiro atoms. The van der Waals surface area contributed by atoms with Crippen LogP contribution in [0.5, 0.6) is 5.75 Å². The highest BCUT2D eigenvalue weighted by atomic mass is 32.1. The SMILES string of the molecule is CNCc1nc(-c2cc(C)cc(C)c2OCc2ccccc2)cs1. The molecule has 0 amide bonds. The number of hydrogen-bond acceptors (Lipinski definition) is 4. The average molecular weight is 338 g/mol. The molecule has 3 aromatic rings. The van der Waals surface area contributed by atoms with E-state index in [0.29, 0.717) is 6.61 Å². The number of thiazole rings is 1. The van der Waals surface area contributed by atoms with Crippen LogP contribution in [-0.2, 0) is 13.2 Å². The largest absolute Gasteiger partial charge is 0.488 e. The molecule has 1 aromatic heterocycles. The first-order valence-corrected chi connectivity index (χ1v) is 8.92. The highest BCUT2D eigenvalue weighted by molar-refractivity contribution is 7.09. The topological polar surface area (TPSA) is 34.2 Å². The lowest BCUT2D eigenvalue weighted by Gasteiger charge is -2.14. The van der Waals surface area contributed by atoms with E-state index >= 15 is 0 Å². The summed E-state index contributed by atoms with van der Waals surface area (Å²) >= 11 is 1.67. The molecule has 0 aliphatic carbocycles. The molecule has 3 rings (SSSR count). The van der Waals surface area contributed by atoms with Gasteiger partial charge in [-0.15, -0.1) is 11.3 Å². The first-order valence-electron chi connectivity index (χ1n) is 8.04. The molecule has 24 heavy (non-hydrogen) atoms. The van der Waals surface area contributed by atoms with Crippen LogP contribution in [-0.4, -0.2) is 12.0 Å². The standard InChI is InChI=1S/C20H22N2OS/c1-14-9-15(2)20(23-12-16-7-5-4-6-8-16)17(10-14)18-13-24-19(22-18)11-21-3/h4-10,13,21H,11-12H2,1-3H3. The zero-order valence-electron chi connectivity index (χ0n) is 14.3. The van der Waals surface area contributed by atoms with Gasteiger partial charge in [-0.1, -0.05) is 36.4 Å². The Kier molecular flexibility index (Phi) is 5.28. The fourth-order valence-electron chi connectivity index (χ4n) is 2.73. The number of ether oxygens (including phenoxy) is 1. The molecule has 1 N–H and O–H groups in total. The summed E-state index contributed by atoms with van der Waals surface area (Å²) in [6, 6.07) is 14.6. The monoisotopic (exact) mass is 338 g/mol. The highest BCUT2D eigenvalue weighted by Crippen LogP contribution is 2.35. The maximum atomic E-state index is 6.18. The van der Waals surface area contributed by atoms with Gasteiger partial charge in [0.05, 0.1) is 5.69 Å². The second kappa shape index (κ2) is 7.60. The summed E-state index contributed by atoms with van der Waals surface area (Å²) in [5.41, 5.74) is 5.58. The van der Waals surface area contributed by atoms with Crippen molar-refractivity contribution in [3.05, 3.63) is 69.5 Å². The van der Waals surface area contributed by atoms with E-state index in [1.165, 1.54) is 5.56 Å². The molecule has 3 nitrogen and oxygen atoms in total. The lowest BCUT2D eigenvalue weighted by atomic mass is 10.0. The van der Waals surface area contributed by atoms with Crippen molar-refractivity contribution in [2.24, 2.45) is 0 Å².